The topological polar surface area (TPSA) is 75.3 Å². The second kappa shape index (κ2) is 35.2. The molecule has 79 heavy (non-hydrogen) atoms. The predicted molar refractivity (Wildman–Crippen MR) is 329 cm³/mol. The summed E-state index contributed by atoms with van der Waals surface area (Å²) in [6.07, 6.45) is 0. The molecule has 0 aromatic heterocycles. The molecule has 403 valence electrons. The second-order valence-corrected chi connectivity index (χ2v) is 24.4. The van der Waals surface area contributed by atoms with Crippen molar-refractivity contribution in [3.05, 3.63) is 261 Å². The maximum Gasteiger partial charge on any atom is 0.243 e. The molecule has 9 aromatic carbocycles. The van der Waals surface area contributed by atoms with Crippen LogP contribution >= 0.6 is 23.8 Å². The summed E-state index contributed by atoms with van der Waals surface area (Å²) in [5.41, 5.74) is 4.06. The van der Waals surface area contributed by atoms with Gasteiger partial charge in [-0.15, -0.1) is 0 Å². The van der Waals surface area contributed by atoms with E-state index in [0.717, 1.165) is 0 Å². The zero-order valence-electron chi connectivity index (χ0n) is 44.3. The molecule has 0 N–H and O–H groups in total. The molecule has 9 aromatic rings. The van der Waals surface area contributed by atoms with E-state index in [1.165, 1.54) is 64.1 Å². The molecule has 0 amide bonds. The van der Waals surface area contributed by atoms with E-state index >= 15 is 0 Å². The van der Waals surface area contributed by atoms with Crippen molar-refractivity contribution in [1.82, 2.24) is 0 Å². The van der Waals surface area contributed by atoms with Crippen LogP contribution in [0.2, 0.25) is 0 Å². The summed E-state index contributed by atoms with van der Waals surface area (Å²) in [7, 11) is -2.68. The van der Waals surface area contributed by atoms with Gasteiger partial charge in [-0.2, -0.15) is 0 Å². The van der Waals surface area contributed by atoms with Gasteiger partial charge in [0.15, 0.2) is 0 Å². The van der Waals surface area contributed by atoms with Crippen LogP contribution in [0.5, 0.6) is 0 Å². The average molecular weight is 1190 g/mol. The minimum absolute atomic E-state index is 0. The molecule has 1 aliphatic rings. The Labute approximate surface area is 484 Å². The summed E-state index contributed by atoms with van der Waals surface area (Å²) < 4.78 is 39.5. The van der Waals surface area contributed by atoms with E-state index in [1.807, 2.05) is 0 Å². The van der Waals surface area contributed by atoms with Crippen molar-refractivity contribution < 1.29 is 52.6 Å². The Bertz CT molecular complexity index is 2600. The second-order valence-electron chi connectivity index (χ2n) is 17.8. The molecule has 1 aliphatic heterocycles. The zero-order valence-corrected chi connectivity index (χ0v) is 48.7. The van der Waals surface area contributed by atoms with Gasteiger partial charge in [0, 0.05) is 19.5 Å². The van der Waals surface area contributed by atoms with Crippen molar-refractivity contribution in [1.29, 1.82) is 0 Å². The molecule has 10 rings (SSSR count). The molecule has 12 heteroatoms. The van der Waals surface area contributed by atoms with Crippen molar-refractivity contribution in [3.8, 4) is 0 Å². The van der Waals surface area contributed by atoms with Gasteiger partial charge in [0.05, 0.1) is 79.3 Å². The third kappa shape index (κ3) is 18.0. The standard InChI is InChI=1S/C54H42BP3.C12H24O6.CO.Rh/c1-7-25-43(26-8-1)56(44-27-9-2-10-28-44)52-40-22-19-37-49(52)55(50-38-20-23-41-53(50)57(45-29-11-3-12-30-45)46-31-13-4-14-32-46)51-39-21-24-42-54(51)58(47-33-15-5-16-34-47)48-35-17-6-18-36-48;1-2-14-5-6-16-9-10-18-12-11-17-8-7-15-4-3-13-1;1-2;/h1-42H;1-12H2;;. The molecule has 0 spiro atoms. The van der Waals surface area contributed by atoms with Crippen LogP contribution in [0.3, 0.4) is 0 Å². The fourth-order valence-corrected chi connectivity index (χ4v) is 16.8. The first-order valence-electron chi connectivity index (χ1n) is 26.5. The number of hydrogen-bond acceptors (Lipinski definition) is 6. The van der Waals surface area contributed by atoms with Crippen LogP contribution in [0.25, 0.3) is 0 Å². The molecule has 0 atom stereocenters. The summed E-state index contributed by atoms with van der Waals surface area (Å²) in [5.74, 6) is 0. The predicted octanol–water partition coefficient (Wildman–Crippen LogP) is 7.54. The molecule has 0 unspecified atom stereocenters. The first kappa shape index (κ1) is 61.1. The van der Waals surface area contributed by atoms with Gasteiger partial charge in [-0.25, -0.2) is 0 Å². The quantitative estimate of drug-likeness (QED) is 0.0546. The minimum Gasteiger partial charge on any atom is -0.0663 e. The Kier molecular flexibility index (Phi) is 27.3. The molecule has 1 saturated heterocycles. The Morgan fingerprint density at radius 3 is 0.570 bits per heavy atom. The molecule has 0 bridgehead atoms. The van der Waals surface area contributed by atoms with Crippen molar-refractivity contribution in [3.63, 3.8) is 0 Å². The first-order valence-corrected chi connectivity index (χ1v) is 30.5. The van der Waals surface area contributed by atoms with Gasteiger partial charge in [-0.1, -0.05) is 271 Å². The van der Waals surface area contributed by atoms with Crippen LogP contribution in [-0.4, -0.2) is 86.0 Å². The monoisotopic (exact) mass is 1190 g/mol. The Balaban J connectivity index is 0.000000367. The third-order valence-corrected chi connectivity index (χ3v) is 20.3. The molecule has 0 saturated carbocycles. The van der Waals surface area contributed by atoms with E-state index in [4.69, 9.17) is 33.1 Å². The van der Waals surface area contributed by atoms with Crippen LogP contribution in [0.4, 0.5) is 0 Å². The maximum absolute atomic E-state index is 7.50. The molecule has 0 aliphatic carbocycles. The Morgan fingerprint density at radius 2 is 0.392 bits per heavy atom. The summed E-state index contributed by atoms with van der Waals surface area (Å²) >= 11 is 0. The van der Waals surface area contributed by atoms with Gasteiger partial charge in [0.2, 0.25) is 6.71 Å². The summed E-state index contributed by atoms with van der Waals surface area (Å²) in [6.45, 7) is 11.5. The number of benzene rings is 9. The van der Waals surface area contributed by atoms with E-state index < -0.39 is 23.8 Å². The number of ether oxygens (including phenoxy) is 6. The van der Waals surface area contributed by atoms with Crippen LogP contribution in [0.15, 0.2) is 255 Å². The molecule has 1 fully saturated rings. The Morgan fingerprint density at radius 1 is 0.241 bits per heavy atom. The van der Waals surface area contributed by atoms with Crippen molar-refractivity contribution in [2.45, 2.75) is 0 Å². The van der Waals surface area contributed by atoms with E-state index in [-0.39, 0.29) is 26.2 Å². The number of hydrogen-bond donors (Lipinski definition) is 0. The van der Waals surface area contributed by atoms with Gasteiger partial charge in [0.1, 0.15) is 0 Å². The summed E-state index contributed by atoms with van der Waals surface area (Å²) in [4.78, 5) is 0. The van der Waals surface area contributed by atoms with Crippen molar-refractivity contribution >= 4 is 94.6 Å². The third-order valence-electron chi connectivity index (χ3n) is 12.8. The zero-order chi connectivity index (χ0) is 53.7. The number of rotatable bonds is 12. The van der Waals surface area contributed by atoms with E-state index in [1.54, 1.807) is 0 Å². The summed E-state index contributed by atoms with van der Waals surface area (Å²) in [6, 6.07) is 95.0. The molecule has 1 heterocycles. The average Bonchev–Trinajstić information content (AvgIpc) is 3.62. The normalized spacial score (nSPS) is 13.7. The van der Waals surface area contributed by atoms with E-state index in [9.17, 15) is 0 Å². The largest absolute Gasteiger partial charge is 0.243 e. The van der Waals surface area contributed by atoms with Crippen LogP contribution in [0, 0.1) is 6.65 Å². The molecule has 1 radical (unpaired) electrons. The Hall–Kier alpha value is -5.54. The van der Waals surface area contributed by atoms with Crippen molar-refractivity contribution in [2.75, 3.05) is 79.3 Å². The fraction of sp³-hybridized carbons (Fsp3) is 0.179. The van der Waals surface area contributed by atoms with E-state index in [0.29, 0.717) is 79.3 Å². The minimum atomic E-state index is -0.895. The van der Waals surface area contributed by atoms with Crippen LogP contribution in [-0.2, 0) is 52.6 Å². The van der Waals surface area contributed by atoms with Crippen molar-refractivity contribution in [2.24, 2.45) is 0 Å². The first-order chi connectivity index (χ1) is 38.8. The van der Waals surface area contributed by atoms with E-state index in [2.05, 4.69) is 261 Å². The van der Waals surface area contributed by atoms with Crippen LogP contribution in [0.1, 0.15) is 0 Å². The van der Waals surface area contributed by atoms with Gasteiger partial charge >= 0.3 is 11.3 Å². The molecular formula is C67H66BO7P3Rh. The smallest absolute Gasteiger partial charge is 0.0663 e. The maximum atomic E-state index is 7.50. The van der Waals surface area contributed by atoms with Gasteiger partial charge in [-0.05, 0) is 71.5 Å². The molecule has 7 nitrogen and oxygen atoms in total. The van der Waals surface area contributed by atoms with Gasteiger partial charge in [-0.3, -0.25) is 0 Å². The van der Waals surface area contributed by atoms with Crippen LogP contribution < -0.4 is 64.1 Å². The summed E-state index contributed by atoms with van der Waals surface area (Å²) in [5, 5.41) is 12.3. The van der Waals surface area contributed by atoms with Gasteiger partial charge in [0.25, 0.3) is 0 Å². The van der Waals surface area contributed by atoms with Gasteiger partial charge < -0.3 is 28.4 Å². The SMILES string of the molecule is C1COCCOCCOCCOCCOCCO1.[C-]#[O+].[Rh].c1ccc(P(c2ccccc2)c2ccccc2B(c2ccccc2P(c2ccccc2)c2ccccc2)c2ccccc2P(c2ccccc2)c2ccccc2)cc1. The fourth-order valence-electron chi connectivity index (χ4n) is 9.37. The molecular weight excluding hydrogens is 1120 g/mol.